The van der Waals surface area contributed by atoms with Crippen molar-refractivity contribution in [2.75, 3.05) is 26.7 Å². The van der Waals surface area contributed by atoms with Crippen molar-refractivity contribution in [2.24, 2.45) is 0 Å². The number of ether oxygens (including phenoxy) is 1. The molecule has 1 atom stereocenters. The summed E-state index contributed by atoms with van der Waals surface area (Å²) in [6.45, 7) is 6.11. The van der Waals surface area contributed by atoms with Crippen LogP contribution in [0.1, 0.15) is 20.3 Å². The first-order valence-electron chi connectivity index (χ1n) is 5.76. The van der Waals surface area contributed by atoms with Gasteiger partial charge < -0.3 is 10.1 Å². The van der Waals surface area contributed by atoms with Crippen LogP contribution >= 0.6 is 0 Å². The number of carbonyl (C=O) groups excluding carboxylic acids is 2. The van der Waals surface area contributed by atoms with Crippen molar-refractivity contribution in [3.63, 3.8) is 0 Å². The summed E-state index contributed by atoms with van der Waals surface area (Å²) in [6.07, 6.45) is 2.17. The summed E-state index contributed by atoms with van der Waals surface area (Å²) in [5, 5.41) is 2.77. The van der Waals surface area contributed by atoms with Gasteiger partial charge in [-0.3, -0.25) is 14.5 Å². The van der Waals surface area contributed by atoms with Crippen molar-refractivity contribution < 1.29 is 14.3 Å². The van der Waals surface area contributed by atoms with Gasteiger partial charge in [-0.1, -0.05) is 11.6 Å². The van der Waals surface area contributed by atoms with Crippen LogP contribution in [0, 0.1) is 0 Å². The number of nitrogens with one attached hydrogen (secondary N) is 1. The van der Waals surface area contributed by atoms with Gasteiger partial charge in [0.15, 0.2) is 0 Å². The van der Waals surface area contributed by atoms with Crippen LogP contribution in [-0.2, 0) is 14.3 Å². The van der Waals surface area contributed by atoms with Gasteiger partial charge in [-0.15, -0.1) is 0 Å². The molecule has 1 unspecified atom stereocenters. The minimum absolute atomic E-state index is 0.0937. The number of esters is 1. The number of methoxy groups -OCH3 is 1. The predicted molar refractivity (Wildman–Crippen MR) is 64.4 cm³/mol. The van der Waals surface area contributed by atoms with E-state index in [1.54, 1.807) is 0 Å². The Kier molecular flexibility index (Phi) is 5.15. The van der Waals surface area contributed by atoms with Crippen molar-refractivity contribution in [3.8, 4) is 0 Å². The average molecular weight is 240 g/mol. The highest BCUT2D eigenvalue weighted by Crippen LogP contribution is 2.10. The first kappa shape index (κ1) is 13.7. The van der Waals surface area contributed by atoms with Gasteiger partial charge in [0, 0.05) is 19.6 Å². The Labute approximate surface area is 102 Å². The molecule has 0 bridgehead atoms. The number of allylic oxidation sites excluding steroid dienone is 1. The molecule has 5 heteroatoms. The van der Waals surface area contributed by atoms with Crippen LogP contribution in [0.4, 0.5) is 0 Å². The van der Waals surface area contributed by atoms with Gasteiger partial charge in [0.1, 0.15) is 0 Å². The van der Waals surface area contributed by atoms with Crippen molar-refractivity contribution in [1.82, 2.24) is 10.2 Å². The molecule has 1 amide bonds. The number of amides is 1. The number of nitrogens with zero attached hydrogens (tertiary/aromatic N) is 1. The molecule has 0 spiro atoms. The zero-order valence-electron chi connectivity index (χ0n) is 10.7. The van der Waals surface area contributed by atoms with E-state index < -0.39 is 6.04 Å². The van der Waals surface area contributed by atoms with Gasteiger partial charge in [0.2, 0.25) is 5.91 Å². The van der Waals surface area contributed by atoms with Gasteiger partial charge >= 0.3 is 5.97 Å². The largest absolute Gasteiger partial charge is 0.469 e. The Morgan fingerprint density at radius 1 is 1.59 bits per heavy atom. The van der Waals surface area contributed by atoms with Crippen LogP contribution in [0.3, 0.4) is 0 Å². The highest BCUT2D eigenvalue weighted by Gasteiger charge is 2.31. The van der Waals surface area contributed by atoms with Gasteiger partial charge in [0.25, 0.3) is 0 Å². The number of rotatable bonds is 4. The summed E-state index contributed by atoms with van der Waals surface area (Å²) >= 11 is 0. The molecule has 0 radical (unpaired) electrons. The highest BCUT2D eigenvalue weighted by atomic mass is 16.5. The standard InChI is InChI=1S/C12H20N2O3/c1-9(2)4-6-14-7-5-13-12(16)10(14)8-11(15)17-3/h4,10H,5-8H2,1-3H3,(H,13,16). The molecule has 5 nitrogen and oxygen atoms in total. The first-order valence-corrected chi connectivity index (χ1v) is 5.76. The molecule has 1 heterocycles. The lowest BCUT2D eigenvalue weighted by molar-refractivity contribution is -0.145. The maximum absolute atomic E-state index is 11.7. The molecule has 1 aliphatic rings. The van der Waals surface area contributed by atoms with Crippen LogP contribution < -0.4 is 5.32 Å². The number of hydrogen-bond acceptors (Lipinski definition) is 4. The van der Waals surface area contributed by atoms with Crippen molar-refractivity contribution >= 4 is 11.9 Å². The second-order valence-corrected chi connectivity index (χ2v) is 4.36. The summed E-state index contributed by atoms with van der Waals surface area (Å²) in [5.74, 6) is -0.446. The quantitative estimate of drug-likeness (QED) is 0.568. The highest BCUT2D eigenvalue weighted by molar-refractivity contribution is 5.87. The van der Waals surface area contributed by atoms with Crippen LogP contribution in [0.5, 0.6) is 0 Å². The van der Waals surface area contributed by atoms with Crippen molar-refractivity contribution in [2.45, 2.75) is 26.3 Å². The Balaban J connectivity index is 2.66. The fourth-order valence-electron chi connectivity index (χ4n) is 1.74. The predicted octanol–water partition coefficient (Wildman–Crippen LogP) is 0.316. The summed E-state index contributed by atoms with van der Waals surface area (Å²) in [4.78, 5) is 25.0. The lowest BCUT2D eigenvalue weighted by atomic mass is 10.1. The van der Waals surface area contributed by atoms with E-state index >= 15 is 0 Å². The van der Waals surface area contributed by atoms with E-state index in [2.05, 4.69) is 16.1 Å². The van der Waals surface area contributed by atoms with Gasteiger partial charge in [-0.05, 0) is 13.8 Å². The molecule has 1 rings (SSSR count). The first-order chi connectivity index (χ1) is 8.04. The third kappa shape index (κ3) is 4.19. The second-order valence-electron chi connectivity index (χ2n) is 4.36. The average Bonchev–Trinajstić information content (AvgIpc) is 2.29. The monoisotopic (exact) mass is 240 g/mol. The Morgan fingerprint density at radius 3 is 2.88 bits per heavy atom. The minimum atomic E-state index is -0.410. The molecule has 1 saturated heterocycles. The molecular formula is C12H20N2O3. The zero-order valence-corrected chi connectivity index (χ0v) is 10.7. The summed E-state index contributed by atoms with van der Waals surface area (Å²) in [5.41, 5.74) is 1.20. The molecular weight excluding hydrogens is 220 g/mol. The number of hydrogen-bond donors (Lipinski definition) is 1. The molecule has 0 aromatic rings. The van der Waals surface area contributed by atoms with E-state index in [9.17, 15) is 9.59 Å². The lowest BCUT2D eigenvalue weighted by Crippen LogP contribution is -2.55. The molecule has 0 aliphatic carbocycles. The zero-order chi connectivity index (χ0) is 12.8. The number of piperazine rings is 1. The smallest absolute Gasteiger partial charge is 0.307 e. The van der Waals surface area contributed by atoms with Crippen LogP contribution in [0.15, 0.2) is 11.6 Å². The molecule has 0 aromatic carbocycles. The van der Waals surface area contributed by atoms with Crippen LogP contribution in [0.25, 0.3) is 0 Å². The molecule has 1 N–H and O–H groups in total. The van der Waals surface area contributed by atoms with E-state index in [1.807, 2.05) is 18.7 Å². The maximum Gasteiger partial charge on any atom is 0.307 e. The maximum atomic E-state index is 11.7. The van der Waals surface area contributed by atoms with E-state index in [0.717, 1.165) is 6.54 Å². The van der Waals surface area contributed by atoms with Crippen LogP contribution in [0.2, 0.25) is 0 Å². The van der Waals surface area contributed by atoms with E-state index in [0.29, 0.717) is 13.1 Å². The lowest BCUT2D eigenvalue weighted by Gasteiger charge is -2.33. The minimum Gasteiger partial charge on any atom is -0.469 e. The summed E-state index contributed by atoms with van der Waals surface area (Å²) in [7, 11) is 1.34. The Bertz CT molecular complexity index is 322. The Morgan fingerprint density at radius 2 is 2.29 bits per heavy atom. The van der Waals surface area contributed by atoms with Crippen LogP contribution in [-0.4, -0.2) is 49.6 Å². The fourth-order valence-corrected chi connectivity index (χ4v) is 1.74. The molecule has 96 valence electrons. The topological polar surface area (TPSA) is 58.6 Å². The Hall–Kier alpha value is -1.36. The normalized spacial score (nSPS) is 20.6. The summed E-state index contributed by atoms with van der Waals surface area (Å²) in [6, 6.07) is -0.410. The van der Waals surface area contributed by atoms with Gasteiger partial charge in [-0.25, -0.2) is 0 Å². The molecule has 0 saturated carbocycles. The molecule has 1 aliphatic heterocycles. The molecule has 0 aromatic heterocycles. The van der Waals surface area contributed by atoms with Gasteiger partial charge in [0.05, 0.1) is 19.6 Å². The molecule has 1 fully saturated rings. The number of carbonyl (C=O) groups is 2. The fraction of sp³-hybridized carbons (Fsp3) is 0.667. The SMILES string of the molecule is COC(=O)CC1C(=O)NCCN1CC=C(C)C. The van der Waals surface area contributed by atoms with E-state index in [4.69, 9.17) is 0 Å². The van der Waals surface area contributed by atoms with Crippen molar-refractivity contribution in [3.05, 3.63) is 11.6 Å². The van der Waals surface area contributed by atoms with Gasteiger partial charge in [-0.2, -0.15) is 0 Å². The molecule has 17 heavy (non-hydrogen) atoms. The third-order valence-electron chi connectivity index (χ3n) is 2.76. The third-order valence-corrected chi connectivity index (χ3v) is 2.76. The summed E-state index contributed by atoms with van der Waals surface area (Å²) < 4.78 is 4.61. The van der Waals surface area contributed by atoms with E-state index in [-0.39, 0.29) is 18.3 Å². The van der Waals surface area contributed by atoms with E-state index in [1.165, 1.54) is 12.7 Å². The second kappa shape index (κ2) is 6.39. The van der Waals surface area contributed by atoms with Crippen molar-refractivity contribution in [1.29, 1.82) is 0 Å².